The van der Waals surface area contributed by atoms with Crippen LogP contribution in [0.25, 0.3) is 0 Å². The van der Waals surface area contributed by atoms with Crippen molar-refractivity contribution in [3.63, 3.8) is 0 Å². The summed E-state index contributed by atoms with van der Waals surface area (Å²) in [5, 5.41) is 5.99. The summed E-state index contributed by atoms with van der Waals surface area (Å²) in [5.74, 6) is 2.19. The molecule has 0 aromatic heterocycles. The summed E-state index contributed by atoms with van der Waals surface area (Å²) in [5.41, 5.74) is 1.63. The largest absolute Gasteiger partial charge is 0.494 e. The van der Waals surface area contributed by atoms with Gasteiger partial charge in [0.2, 0.25) is 5.91 Å². The lowest BCUT2D eigenvalue weighted by Gasteiger charge is -2.11. The molecule has 152 valence electrons. The minimum atomic E-state index is -0.100. The van der Waals surface area contributed by atoms with Crippen LogP contribution in [0.2, 0.25) is 0 Å². The fourth-order valence-electron chi connectivity index (χ4n) is 2.44. The van der Waals surface area contributed by atoms with Crippen molar-refractivity contribution in [2.24, 2.45) is 5.92 Å². The molecular weight excluding hydrogens is 352 g/mol. The van der Waals surface area contributed by atoms with Crippen molar-refractivity contribution in [1.29, 1.82) is 0 Å². The van der Waals surface area contributed by atoms with Gasteiger partial charge in [-0.1, -0.05) is 27.2 Å². The highest BCUT2D eigenvalue weighted by atomic mass is 16.5. The van der Waals surface area contributed by atoms with Crippen molar-refractivity contribution < 1.29 is 14.3 Å². The van der Waals surface area contributed by atoms with Crippen molar-refractivity contribution in [3.05, 3.63) is 48.5 Å². The van der Waals surface area contributed by atoms with E-state index in [9.17, 15) is 4.79 Å². The maximum absolute atomic E-state index is 12.1. The van der Waals surface area contributed by atoms with E-state index in [0.29, 0.717) is 12.5 Å². The molecule has 1 amide bonds. The Morgan fingerprint density at radius 2 is 1.46 bits per heavy atom. The van der Waals surface area contributed by atoms with Crippen molar-refractivity contribution >= 4 is 17.3 Å². The van der Waals surface area contributed by atoms with Gasteiger partial charge in [-0.2, -0.15) is 0 Å². The van der Waals surface area contributed by atoms with E-state index in [0.717, 1.165) is 48.7 Å². The number of rotatable bonds is 12. The number of amides is 1. The third-order valence-electron chi connectivity index (χ3n) is 4.18. The van der Waals surface area contributed by atoms with Gasteiger partial charge in [0.1, 0.15) is 11.5 Å². The highest BCUT2D eigenvalue weighted by Gasteiger charge is 2.04. The van der Waals surface area contributed by atoms with E-state index in [1.54, 1.807) is 0 Å². The predicted octanol–water partition coefficient (Wildman–Crippen LogP) is 5.34. The zero-order valence-electron chi connectivity index (χ0n) is 17.2. The summed E-state index contributed by atoms with van der Waals surface area (Å²) in [6, 6.07) is 15.1. The third kappa shape index (κ3) is 8.33. The van der Waals surface area contributed by atoms with Gasteiger partial charge in [0.15, 0.2) is 0 Å². The molecule has 5 nitrogen and oxygen atoms in total. The molecule has 2 N–H and O–H groups in total. The summed E-state index contributed by atoms with van der Waals surface area (Å²) in [6.07, 6.45) is 3.18. The molecular formula is C23H32N2O3. The van der Waals surface area contributed by atoms with Gasteiger partial charge in [-0.05, 0) is 67.3 Å². The van der Waals surface area contributed by atoms with Crippen molar-refractivity contribution in [2.45, 2.75) is 40.0 Å². The van der Waals surface area contributed by atoms with Crippen LogP contribution in [0.5, 0.6) is 11.5 Å². The SMILES string of the molecule is CCCCOc1ccc(NC(=O)CNc2ccc(OCCC(C)C)cc2)cc1. The van der Waals surface area contributed by atoms with Gasteiger partial charge in [0.25, 0.3) is 0 Å². The Labute approximate surface area is 168 Å². The second-order valence-electron chi connectivity index (χ2n) is 7.18. The van der Waals surface area contributed by atoms with E-state index in [1.807, 2.05) is 48.5 Å². The number of unbranched alkanes of at least 4 members (excludes halogenated alkanes) is 1. The zero-order valence-corrected chi connectivity index (χ0v) is 17.2. The molecule has 0 spiro atoms. The first-order valence-corrected chi connectivity index (χ1v) is 10.1. The fourth-order valence-corrected chi connectivity index (χ4v) is 2.44. The maximum Gasteiger partial charge on any atom is 0.243 e. The van der Waals surface area contributed by atoms with Crippen LogP contribution in [0.15, 0.2) is 48.5 Å². The molecule has 2 aromatic rings. The van der Waals surface area contributed by atoms with Crippen LogP contribution in [0.1, 0.15) is 40.0 Å². The predicted molar refractivity (Wildman–Crippen MR) is 115 cm³/mol. The van der Waals surface area contributed by atoms with E-state index in [4.69, 9.17) is 9.47 Å². The van der Waals surface area contributed by atoms with Gasteiger partial charge in [-0.15, -0.1) is 0 Å². The second-order valence-corrected chi connectivity index (χ2v) is 7.18. The lowest BCUT2D eigenvalue weighted by molar-refractivity contribution is -0.114. The van der Waals surface area contributed by atoms with Crippen LogP contribution >= 0.6 is 0 Å². The molecule has 0 saturated heterocycles. The minimum absolute atomic E-state index is 0.100. The lowest BCUT2D eigenvalue weighted by Crippen LogP contribution is -2.21. The normalized spacial score (nSPS) is 10.6. The Balaban J connectivity index is 1.71. The quantitative estimate of drug-likeness (QED) is 0.485. The molecule has 28 heavy (non-hydrogen) atoms. The molecule has 2 rings (SSSR count). The third-order valence-corrected chi connectivity index (χ3v) is 4.18. The smallest absolute Gasteiger partial charge is 0.243 e. The first-order valence-electron chi connectivity index (χ1n) is 10.1. The van der Waals surface area contributed by atoms with Crippen molar-refractivity contribution in [2.75, 3.05) is 30.4 Å². The first-order chi connectivity index (χ1) is 13.6. The van der Waals surface area contributed by atoms with E-state index in [2.05, 4.69) is 31.4 Å². The van der Waals surface area contributed by atoms with Gasteiger partial charge < -0.3 is 20.1 Å². The van der Waals surface area contributed by atoms with Crippen LogP contribution in [0.3, 0.4) is 0 Å². The summed E-state index contributed by atoms with van der Waals surface area (Å²) >= 11 is 0. The standard InChI is InChI=1S/C23H32N2O3/c1-4-5-15-27-21-12-8-20(9-13-21)25-23(26)17-24-19-6-10-22(11-7-19)28-16-14-18(2)3/h6-13,18,24H,4-5,14-17H2,1-3H3,(H,25,26). The molecule has 0 bridgehead atoms. The Morgan fingerprint density at radius 3 is 2.04 bits per heavy atom. The molecule has 2 aromatic carbocycles. The Hall–Kier alpha value is -2.69. The molecule has 0 atom stereocenters. The van der Waals surface area contributed by atoms with Gasteiger partial charge in [-0.3, -0.25) is 4.79 Å². The van der Waals surface area contributed by atoms with E-state index >= 15 is 0 Å². The zero-order chi connectivity index (χ0) is 20.2. The first kappa shape index (κ1) is 21.6. The number of nitrogens with one attached hydrogen (secondary N) is 2. The molecule has 0 unspecified atom stereocenters. The number of carbonyl (C=O) groups is 1. The molecule has 0 radical (unpaired) electrons. The molecule has 0 heterocycles. The monoisotopic (exact) mass is 384 g/mol. The molecule has 0 aliphatic rings. The summed E-state index contributed by atoms with van der Waals surface area (Å²) in [6.45, 7) is 8.12. The topological polar surface area (TPSA) is 59.6 Å². The Morgan fingerprint density at radius 1 is 0.893 bits per heavy atom. The van der Waals surface area contributed by atoms with Crippen LogP contribution in [0, 0.1) is 5.92 Å². The molecule has 5 heteroatoms. The molecule has 0 aliphatic heterocycles. The summed E-state index contributed by atoms with van der Waals surface area (Å²) in [4.78, 5) is 12.1. The van der Waals surface area contributed by atoms with Gasteiger partial charge >= 0.3 is 0 Å². The number of hydrogen-bond acceptors (Lipinski definition) is 4. The number of anilines is 2. The lowest BCUT2D eigenvalue weighted by atomic mass is 10.1. The number of hydrogen-bond donors (Lipinski definition) is 2. The molecule has 0 fully saturated rings. The number of ether oxygens (including phenoxy) is 2. The minimum Gasteiger partial charge on any atom is -0.494 e. The summed E-state index contributed by atoms with van der Waals surface area (Å²) < 4.78 is 11.3. The van der Waals surface area contributed by atoms with Gasteiger partial charge in [0, 0.05) is 11.4 Å². The van der Waals surface area contributed by atoms with E-state index in [-0.39, 0.29) is 12.5 Å². The van der Waals surface area contributed by atoms with Crippen LogP contribution in [-0.4, -0.2) is 25.7 Å². The van der Waals surface area contributed by atoms with E-state index < -0.39 is 0 Å². The highest BCUT2D eigenvalue weighted by molar-refractivity contribution is 5.93. The fraction of sp³-hybridized carbons (Fsp3) is 0.435. The van der Waals surface area contributed by atoms with Crippen molar-refractivity contribution in [3.8, 4) is 11.5 Å². The van der Waals surface area contributed by atoms with E-state index in [1.165, 1.54) is 0 Å². The van der Waals surface area contributed by atoms with Crippen LogP contribution < -0.4 is 20.1 Å². The average molecular weight is 385 g/mol. The highest BCUT2D eigenvalue weighted by Crippen LogP contribution is 2.17. The summed E-state index contributed by atoms with van der Waals surface area (Å²) in [7, 11) is 0. The Bertz CT molecular complexity index is 697. The second kappa shape index (κ2) is 11.9. The Kier molecular flexibility index (Phi) is 9.19. The van der Waals surface area contributed by atoms with Crippen LogP contribution in [-0.2, 0) is 4.79 Å². The maximum atomic E-state index is 12.1. The molecule has 0 saturated carbocycles. The van der Waals surface area contributed by atoms with Gasteiger partial charge in [0.05, 0.1) is 19.8 Å². The van der Waals surface area contributed by atoms with Crippen molar-refractivity contribution in [1.82, 2.24) is 0 Å². The number of carbonyl (C=O) groups excluding carboxylic acids is 1. The molecule has 0 aliphatic carbocycles. The average Bonchev–Trinajstić information content (AvgIpc) is 2.69. The van der Waals surface area contributed by atoms with Crippen LogP contribution in [0.4, 0.5) is 11.4 Å². The number of benzene rings is 2. The van der Waals surface area contributed by atoms with Gasteiger partial charge in [-0.25, -0.2) is 0 Å².